The molecule has 0 spiro atoms. The highest BCUT2D eigenvalue weighted by atomic mass is 16.5. The molecule has 1 aromatic carbocycles. The van der Waals surface area contributed by atoms with Gasteiger partial charge in [0.15, 0.2) is 5.78 Å². The first-order valence-corrected chi connectivity index (χ1v) is 5.95. The van der Waals surface area contributed by atoms with E-state index in [1.165, 1.54) is 0 Å². The quantitative estimate of drug-likeness (QED) is 0.561. The molecule has 0 heterocycles. The lowest BCUT2D eigenvalue weighted by Gasteiger charge is -2.14. The molecule has 0 saturated heterocycles. The van der Waals surface area contributed by atoms with Gasteiger partial charge >= 0.3 is 5.97 Å². The molecule has 0 amide bonds. The second-order valence-electron chi connectivity index (χ2n) is 3.81. The van der Waals surface area contributed by atoms with Crippen LogP contribution in [0.15, 0.2) is 30.3 Å². The molecule has 17 heavy (non-hydrogen) atoms. The SMILES string of the molecule is CCCC(=O)C(C(=O)OCC)c1ccccc1. The van der Waals surface area contributed by atoms with E-state index in [0.717, 1.165) is 6.42 Å². The van der Waals surface area contributed by atoms with Crippen LogP contribution in [0.25, 0.3) is 0 Å². The first-order chi connectivity index (χ1) is 8.20. The molecule has 0 radical (unpaired) electrons. The van der Waals surface area contributed by atoms with Crippen molar-refractivity contribution in [2.45, 2.75) is 32.6 Å². The van der Waals surface area contributed by atoms with Gasteiger partial charge in [-0.2, -0.15) is 0 Å². The first-order valence-electron chi connectivity index (χ1n) is 5.95. The third-order valence-corrected chi connectivity index (χ3v) is 2.47. The van der Waals surface area contributed by atoms with Crippen molar-refractivity contribution in [1.29, 1.82) is 0 Å². The van der Waals surface area contributed by atoms with Crippen LogP contribution in [0.1, 0.15) is 38.2 Å². The molecule has 0 aliphatic carbocycles. The minimum atomic E-state index is -0.768. The molecule has 0 saturated carbocycles. The number of rotatable bonds is 6. The monoisotopic (exact) mass is 234 g/mol. The largest absolute Gasteiger partial charge is 0.465 e. The van der Waals surface area contributed by atoms with E-state index in [1.807, 2.05) is 25.1 Å². The number of ether oxygens (including phenoxy) is 1. The maximum atomic E-state index is 12.0. The van der Waals surface area contributed by atoms with Gasteiger partial charge in [0.2, 0.25) is 0 Å². The molecule has 1 aromatic rings. The van der Waals surface area contributed by atoms with E-state index in [1.54, 1.807) is 19.1 Å². The molecule has 0 aliphatic rings. The fourth-order valence-electron chi connectivity index (χ4n) is 1.72. The van der Waals surface area contributed by atoms with Gasteiger partial charge in [-0.05, 0) is 18.9 Å². The summed E-state index contributed by atoms with van der Waals surface area (Å²) in [6.07, 6.45) is 1.14. The van der Waals surface area contributed by atoms with Crippen molar-refractivity contribution in [3.63, 3.8) is 0 Å². The Bertz CT molecular complexity index is 352. The number of Topliss-reactive ketones (excluding diaryl/α,β-unsaturated/α-hetero) is 1. The van der Waals surface area contributed by atoms with E-state index in [0.29, 0.717) is 18.6 Å². The zero-order valence-corrected chi connectivity index (χ0v) is 10.3. The number of hydrogen-bond donors (Lipinski definition) is 0. The summed E-state index contributed by atoms with van der Waals surface area (Å²) in [5.74, 6) is -1.29. The van der Waals surface area contributed by atoms with Crippen molar-refractivity contribution in [1.82, 2.24) is 0 Å². The Kier molecular flexibility index (Phi) is 5.40. The van der Waals surface area contributed by atoms with Gasteiger partial charge < -0.3 is 4.74 Å². The zero-order chi connectivity index (χ0) is 12.7. The van der Waals surface area contributed by atoms with Crippen molar-refractivity contribution >= 4 is 11.8 Å². The van der Waals surface area contributed by atoms with Gasteiger partial charge in [0.1, 0.15) is 5.92 Å². The van der Waals surface area contributed by atoms with Gasteiger partial charge in [-0.15, -0.1) is 0 Å². The van der Waals surface area contributed by atoms with E-state index >= 15 is 0 Å². The van der Waals surface area contributed by atoms with Crippen LogP contribution in [-0.2, 0) is 14.3 Å². The molecular weight excluding hydrogens is 216 g/mol. The summed E-state index contributed by atoms with van der Waals surface area (Å²) in [7, 11) is 0. The van der Waals surface area contributed by atoms with E-state index in [-0.39, 0.29) is 5.78 Å². The fourth-order valence-corrected chi connectivity index (χ4v) is 1.72. The molecule has 1 rings (SSSR count). The van der Waals surface area contributed by atoms with Gasteiger partial charge in [-0.25, -0.2) is 0 Å². The molecule has 1 unspecified atom stereocenters. The lowest BCUT2D eigenvalue weighted by atomic mass is 9.92. The number of ketones is 1. The Morgan fingerprint density at radius 2 is 1.82 bits per heavy atom. The number of carbonyl (C=O) groups is 2. The van der Waals surface area contributed by atoms with Gasteiger partial charge in [-0.1, -0.05) is 37.3 Å². The summed E-state index contributed by atoms with van der Waals surface area (Å²) in [5, 5.41) is 0. The third kappa shape index (κ3) is 3.70. The van der Waals surface area contributed by atoms with Crippen molar-refractivity contribution in [3.05, 3.63) is 35.9 Å². The van der Waals surface area contributed by atoms with E-state index in [9.17, 15) is 9.59 Å². The second-order valence-corrected chi connectivity index (χ2v) is 3.81. The highest BCUT2D eigenvalue weighted by molar-refractivity contribution is 6.04. The minimum Gasteiger partial charge on any atom is -0.465 e. The van der Waals surface area contributed by atoms with Crippen LogP contribution < -0.4 is 0 Å². The molecule has 0 bridgehead atoms. The van der Waals surface area contributed by atoms with Crippen LogP contribution in [0.5, 0.6) is 0 Å². The third-order valence-electron chi connectivity index (χ3n) is 2.47. The van der Waals surface area contributed by atoms with Crippen LogP contribution in [0.4, 0.5) is 0 Å². The normalized spacial score (nSPS) is 11.9. The maximum Gasteiger partial charge on any atom is 0.321 e. The first kappa shape index (κ1) is 13.4. The summed E-state index contributed by atoms with van der Waals surface area (Å²) >= 11 is 0. The minimum absolute atomic E-state index is 0.0721. The number of esters is 1. The zero-order valence-electron chi connectivity index (χ0n) is 10.3. The highest BCUT2D eigenvalue weighted by Gasteiger charge is 2.28. The smallest absolute Gasteiger partial charge is 0.321 e. The van der Waals surface area contributed by atoms with Crippen molar-refractivity contribution in [3.8, 4) is 0 Å². The molecule has 1 atom stereocenters. The number of benzene rings is 1. The summed E-state index contributed by atoms with van der Waals surface area (Å²) in [6.45, 7) is 3.96. The molecule has 0 aromatic heterocycles. The summed E-state index contributed by atoms with van der Waals surface area (Å²) < 4.78 is 4.97. The predicted molar refractivity (Wildman–Crippen MR) is 65.7 cm³/mol. The molecule has 0 N–H and O–H groups in total. The lowest BCUT2D eigenvalue weighted by Crippen LogP contribution is -2.24. The van der Waals surface area contributed by atoms with Gasteiger partial charge in [0, 0.05) is 6.42 Å². The Morgan fingerprint density at radius 1 is 1.18 bits per heavy atom. The molecule has 0 aliphatic heterocycles. The van der Waals surface area contributed by atoms with Crippen LogP contribution in [0.2, 0.25) is 0 Å². The fraction of sp³-hybridized carbons (Fsp3) is 0.429. The Labute approximate surface area is 102 Å². The standard InChI is InChI=1S/C14H18O3/c1-3-8-12(15)13(14(16)17-4-2)11-9-6-5-7-10-11/h5-7,9-10,13H,3-4,8H2,1-2H3. The van der Waals surface area contributed by atoms with Gasteiger partial charge in [0.05, 0.1) is 6.61 Å². The van der Waals surface area contributed by atoms with Gasteiger partial charge in [-0.3, -0.25) is 9.59 Å². The summed E-state index contributed by atoms with van der Waals surface area (Å²) in [6, 6.07) is 9.07. The number of carbonyl (C=O) groups excluding carboxylic acids is 2. The Morgan fingerprint density at radius 3 is 2.35 bits per heavy atom. The van der Waals surface area contributed by atoms with Crippen LogP contribution in [0, 0.1) is 0 Å². The second kappa shape index (κ2) is 6.84. The van der Waals surface area contributed by atoms with E-state index in [2.05, 4.69) is 0 Å². The van der Waals surface area contributed by atoms with Crippen molar-refractivity contribution < 1.29 is 14.3 Å². The maximum absolute atomic E-state index is 12.0. The van der Waals surface area contributed by atoms with Crippen molar-refractivity contribution in [2.24, 2.45) is 0 Å². The van der Waals surface area contributed by atoms with Gasteiger partial charge in [0.25, 0.3) is 0 Å². The van der Waals surface area contributed by atoms with Crippen LogP contribution in [0.3, 0.4) is 0 Å². The van der Waals surface area contributed by atoms with Crippen molar-refractivity contribution in [2.75, 3.05) is 6.61 Å². The topological polar surface area (TPSA) is 43.4 Å². The predicted octanol–water partition coefficient (Wildman–Crippen LogP) is 2.70. The van der Waals surface area contributed by atoms with E-state index < -0.39 is 11.9 Å². The van der Waals surface area contributed by atoms with E-state index in [4.69, 9.17) is 4.74 Å². The highest BCUT2D eigenvalue weighted by Crippen LogP contribution is 2.20. The molecule has 3 nitrogen and oxygen atoms in total. The molecule has 92 valence electrons. The molecule has 3 heteroatoms. The summed E-state index contributed by atoms with van der Waals surface area (Å²) in [5.41, 5.74) is 0.712. The average molecular weight is 234 g/mol. The molecule has 0 fully saturated rings. The lowest BCUT2D eigenvalue weighted by molar-refractivity contribution is -0.147. The summed E-state index contributed by atoms with van der Waals surface area (Å²) in [4.78, 5) is 23.8. The Balaban J connectivity index is 2.94. The van der Waals surface area contributed by atoms with Crippen LogP contribution >= 0.6 is 0 Å². The molecular formula is C14H18O3. The number of hydrogen-bond acceptors (Lipinski definition) is 3. The Hall–Kier alpha value is -1.64. The van der Waals surface area contributed by atoms with Crippen LogP contribution in [-0.4, -0.2) is 18.4 Å². The average Bonchev–Trinajstić information content (AvgIpc) is 2.31.